The van der Waals surface area contributed by atoms with Crippen molar-refractivity contribution >= 4 is 39.1 Å². The quantitative estimate of drug-likeness (QED) is 0.549. The summed E-state index contributed by atoms with van der Waals surface area (Å²) in [5.74, 6) is 1.45. The van der Waals surface area contributed by atoms with E-state index in [1.54, 1.807) is 12.4 Å². The fraction of sp³-hybridized carbons (Fsp3) is 0. The zero-order chi connectivity index (χ0) is 13.2. The predicted molar refractivity (Wildman–Crippen MR) is 85.4 cm³/mol. The molecule has 0 spiro atoms. The molecule has 0 atom stereocenters. The number of ether oxygens (including phenoxy) is 1. The number of nitrogen functional groups attached to an aromatic ring is 1. The highest BCUT2D eigenvalue weighted by Crippen LogP contribution is 2.33. The lowest BCUT2D eigenvalue weighted by Gasteiger charge is -2.10. The Morgan fingerprint density at radius 2 is 2.00 bits per heavy atom. The minimum Gasteiger partial charge on any atom is -0.455 e. The molecule has 3 rings (SSSR count). The lowest BCUT2D eigenvalue weighted by molar-refractivity contribution is 0.485. The Labute approximate surface area is 124 Å². The molecule has 2 aromatic carbocycles. The number of rotatable bonds is 2. The molecular formula is C15H11IN2O. The number of benzene rings is 2. The average molecular weight is 362 g/mol. The number of anilines is 1. The SMILES string of the molecule is Nc1c(Oc2cccc(I)c2)ccc2cnccc12. The minimum absolute atomic E-state index is 0.638. The first-order chi connectivity index (χ1) is 9.24. The lowest BCUT2D eigenvalue weighted by atomic mass is 10.1. The Morgan fingerprint density at radius 1 is 1.11 bits per heavy atom. The lowest BCUT2D eigenvalue weighted by Crippen LogP contribution is -1.94. The molecule has 0 aliphatic carbocycles. The van der Waals surface area contributed by atoms with Crippen molar-refractivity contribution in [3.63, 3.8) is 0 Å². The largest absolute Gasteiger partial charge is 0.455 e. The van der Waals surface area contributed by atoms with E-state index < -0.39 is 0 Å². The highest BCUT2D eigenvalue weighted by atomic mass is 127. The van der Waals surface area contributed by atoms with Crippen molar-refractivity contribution in [2.75, 3.05) is 5.73 Å². The number of aromatic nitrogens is 1. The van der Waals surface area contributed by atoms with Crippen LogP contribution in [0.4, 0.5) is 5.69 Å². The highest BCUT2D eigenvalue weighted by Gasteiger charge is 2.06. The van der Waals surface area contributed by atoms with Crippen LogP contribution >= 0.6 is 22.6 Å². The number of nitrogens with zero attached hydrogens (tertiary/aromatic N) is 1. The second-order valence-corrected chi connectivity index (χ2v) is 5.38. The molecule has 0 bridgehead atoms. The number of nitrogens with two attached hydrogens (primary N) is 1. The Bertz CT molecular complexity index is 743. The summed E-state index contributed by atoms with van der Waals surface area (Å²) in [6.07, 6.45) is 3.52. The van der Waals surface area contributed by atoms with Gasteiger partial charge in [0.1, 0.15) is 5.75 Å². The zero-order valence-corrected chi connectivity index (χ0v) is 12.2. The predicted octanol–water partition coefficient (Wildman–Crippen LogP) is 4.21. The smallest absolute Gasteiger partial charge is 0.150 e. The molecule has 1 aromatic heterocycles. The van der Waals surface area contributed by atoms with Crippen LogP contribution in [0.3, 0.4) is 0 Å². The molecule has 19 heavy (non-hydrogen) atoms. The molecule has 0 aliphatic rings. The van der Waals surface area contributed by atoms with E-state index in [2.05, 4.69) is 27.6 Å². The van der Waals surface area contributed by atoms with Gasteiger partial charge in [-0.25, -0.2) is 0 Å². The highest BCUT2D eigenvalue weighted by molar-refractivity contribution is 14.1. The topological polar surface area (TPSA) is 48.1 Å². The number of hydrogen-bond acceptors (Lipinski definition) is 3. The van der Waals surface area contributed by atoms with Crippen molar-refractivity contribution < 1.29 is 4.74 Å². The van der Waals surface area contributed by atoms with Gasteiger partial charge in [-0.15, -0.1) is 0 Å². The molecule has 0 fully saturated rings. The van der Waals surface area contributed by atoms with Gasteiger partial charge in [0.05, 0.1) is 5.69 Å². The monoisotopic (exact) mass is 362 g/mol. The summed E-state index contributed by atoms with van der Waals surface area (Å²) >= 11 is 2.25. The maximum Gasteiger partial charge on any atom is 0.150 e. The Balaban J connectivity index is 2.04. The summed E-state index contributed by atoms with van der Waals surface area (Å²) in [5, 5.41) is 1.97. The van der Waals surface area contributed by atoms with Gasteiger partial charge in [0.25, 0.3) is 0 Å². The van der Waals surface area contributed by atoms with Crippen molar-refractivity contribution in [1.29, 1.82) is 0 Å². The van der Waals surface area contributed by atoms with Crippen LogP contribution in [0.2, 0.25) is 0 Å². The van der Waals surface area contributed by atoms with Gasteiger partial charge in [0.15, 0.2) is 5.75 Å². The number of pyridine rings is 1. The third kappa shape index (κ3) is 2.49. The fourth-order valence-electron chi connectivity index (χ4n) is 1.92. The molecule has 0 aliphatic heterocycles. The van der Waals surface area contributed by atoms with Crippen LogP contribution in [-0.2, 0) is 0 Å². The van der Waals surface area contributed by atoms with Crippen LogP contribution in [0.25, 0.3) is 10.8 Å². The van der Waals surface area contributed by atoms with Gasteiger partial charge < -0.3 is 10.5 Å². The van der Waals surface area contributed by atoms with Gasteiger partial charge in [-0.3, -0.25) is 4.98 Å². The van der Waals surface area contributed by atoms with Crippen molar-refractivity contribution in [1.82, 2.24) is 4.98 Å². The first-order valence-corrected chi connectivity index (χ1v) is 6.87. The van der Waals surface area contributed by atoms with Crippen molar-refractivity contribution in [3.8, 4) is 11.5 Å². The number of hydrogen-bond donors (Lipinski definition) is 1. The van der Waals surface area contributed by atoms with Crippen molar-refractivity contribution in [3.05, 3.63) is 58.4 Å². The van der Waals surface area contributed by atoms with Crippen LogP contribution < -0.4 is 10.5 Å². The van der Waals surface area contributed by atoms with E-state index in [1.807, 2.05) is 42.5 Å². The fourth-order valence-corrected chi connectivity index (χ4v) is 2.43. The summed E-state index contributed by atoms with van der Waals surface area (Å²) in [6.45, 7) is 0. The molecule has 0 amide bonds. The van der Waals surface area contributed by atoms with Gasteiger partial charge in [0, 0.05) is 26.7 Å². The molecule has 0 unspecified atom stereocenters. The van der Waals surface area contributed by atoms with Crippen molar-refractivity contribution in [2.45, 2.75) is 0 Å². The summed E-state index contributed by atoms with van der Waals surface area (Å²) in [7, 11) is 0. The second-order valence-electron chi connectivity index (χ2n) is 4.13. The van der Waals surface area contributed by atoms with E-state index in [4.69, 9.17) is 10.5 Å². The van der Waals surface area contributed by atoms with Gasteiger partial charge in [0.2, 0.25) is 0 Å². The normalized spacial score (nSPS) is 10.6. The first-order valence-electron chi connectivity index (χ1n) is 5.80. The van der Waals surface area contributed by atoms with Crippen LogP contribution in [0.5, 0.6) is 11.5 Å². The summed E-state index contributed by atoms with van der Waals surface area (Å²) in [5.41, 5.74) is 6.79. The summed E-state index contributed by atoms with van der Waals surface area (Å²) in [4.78, 5) is 4.08. The molecule has 2 N–H and O–H groups in total. The van der Waals surface area contributed by atoms with E-state index in [0.29, 0.717) is 11.4 Å². The van der Waals surface area contributed by atoms with Crippen molar-refractivity contribution in [2.24, 2.45) is 0 Å². The van der Waals surface area contributed by atoms with Crippen LogP contribution in [0.15, 0.2) is 54.9 Å². The average Bonchev–Trinajstić information content (AvgIpc) is 2.42. The maximum atomic E-state index is 6.15. The van der Waals surface area contributed by atoms with Crippen LogP contribution in [-0.4, -0.2) is 4.98 Å². The summed E-state index contributed by atoms with van der Waals surface area (Å²) < 4.78 is 6.97. The molecule has 3 aromatic rings. The van der Waals surface area contributed by atoms with Crippen LogP contribution in [0, 0.1) is 3.57 Å². The first kappa shape index (κ1) is 12.2. The number of fused-ring (bicyclic) bond motifs is 1. The second kappa shape index (κ2) is 5.05. The molecule has 0 radical (unpaired) electrons. The Kier molecular flexibility index (Phi) is 3.25. The third-order valence-corrected chi connectivity index (χ3v) is 3.52. The van der Waals surface area contributed by atoms with Gasteiger partial charge in [-0.1, -0.05) is 6.07 Å². The van der Waals surface area contributed by atoms with E-state index in [1.165, 1.54) is 0 Å². The Morgan fingerprint density at radius 3 is 2.84 bits per heavy atom. The molecular weight excluding hydrogens is 351 g/mol. The Hall–Kier alpha value is -1.82. The maximum absolute atomic E-state index is 6.15. The van der Waals surface area contributed by atoms with E-state index in [-0.39, 0.29) is 0 Å². The minimum atomic E-state index is 0.638. The van der Waals surface area contributed by atoms with Crippen LogP contribution in [0.1, 0.15) is 0 Å². The molecule has 94 valence electrons. The molecule has 0 saturated carbocycles. The van der Waals surface area contributed by atoms with Gasteiger partial charge in [-0.2, -0.15) is 0 Å². The molecule has 3 nitrogen and oxygen atoms in total. The third-order valence-electron chi connectivity index (χ3n) is 2.85. The molecule has 0 saturated heterocycles. The molecule has 1 heterocycles. The van der Waals surface area contributed by atoms with E-state index >= 15 is 0 Å². The van der Waals surface area contributed by atoms with E-state index in [9.17, 15) is 0 Å². The zero-order valence-electron chi connectivity index (χ0n) is 10.0. The summed E-state index contributed by atoms with van der Waals surface area (Å²) in [6, 6.07) is 13.6. The van der Waals surface area contributed by atoms with Gasteiger partial charge in [-0.05, 0) is 59.0 Å². The number of halogens is 1. The molecule has 4 heteroatoms. The van der Waals surface area contributed by atoms with Gasteiger partial charge >= 0.3 is 0 Å². The van der Waals surface area contributed by atoms with E-state index in [0.717, 1.165) is 20.1 Å². The standard InChI is InChI=1S/C15H11IN2O/c16-11-2-1-3-12(8-11)19-14-5-4-10-9-18-7-6-13(10)15(14)17/h1-9H,17H2.